The summed E-state index contributed by atoms with van der Waals surface area (Å²) in [6.07, 6.45) is -4.50. The third kappa shape index (κ3) is 5.70. The molecule has 0 heterocycles. The van der Waals surface area contributed by atoms with Crippen LogP contribution in [0.1, 0.15) is 21.5 Å². The van der Waals surface area contributed by atoms with Crippen LogP contribution in [0.4, 0.5) is 17.6 Å². The topological polar surface area (TPSA) is 64.6 Å². The molecule has 0 bridgehead atoms. The predicted molar refractivity (Wildman–Crippen MR) is 86.5 cm³/mol. The number of hydrogen-bond donors (Lipinski definition) is 1. The second-order valence-electron chi connectivity index (χ2n) is 5.39. The van der Waals surface area contributed by atoms with E-state index in [1.165, 1.54) is 19.2 Å². The number of hydrogen-bond acceptors (Lipinski definition) is 4. The average Bonchev–Trinajstić information content (AvgIpc) is 2.64. The highest BCUT2D eigenvalue weighted by molar-refractivity contribution is 5.95. The average molecular weight is 385 g/mol. The second kappa shape index (κ2) is 8.52. The summed E-state index contributed by atoms with van der Waals surface area (Å²) < 4.78 is 60.6. The minimum absolute atomic E-state index is 0.0342. The number of methoxy groups -OCH3 is 1. The largest absolute Gasteiger partial charge is 0.494 e. The second-order valence-corrected chi connectivity index (χ2v) is 5.39. The number of alkyl halides is 3. The van der Waals surface area contributed by atoms with Gasteiger partial charge in [-0.1, -0.05) is 6.07 Å². The van der Waals surface area contributed by atoms with E-state index in [-0.39, 0.29) is 17.9 Å². The van der Waals surface area contributed by atoms with Crippen molar-refractivity contribution in [1.82, 2.24) is 5.32 Å². The van der Waals surface area contributed by atoms with Gasteiger partial charge < -0.3 is 14.8 Å². The molecule has 0 aliphatic carbocycles. The van der Waals surface area contributed by atoms with Crippen molar-refractivity contribution in [3.63, 3.8) is 0 Å². The number of nitrogens with one attached hydrogen (secondary N) is 1. The SMILES string of the molecule is COc1ccc(COC(=O)CNC(=O)c2ccc(C(F)(F)F)cc2)cc1F. The molecule has 5 nitrogen and oxygen atoms in total. The van der Waals surface area contributed by atoms with Crippen LogP contribution in [0, 0.1) is 5.82 Å². The first kappa shape index (κ1) is 20.2. The van der Waals surface area contributed by atoms with Crippen LogP contribution in [0.3, 0.4) is 0 Å². The maximum atomic E-state index is 13.5. The van der Waals surface area contributed by atoms with Gasteiger partial charge in [0, 0.05) is 5.56 Å². The van der Waals surface area contributed by atoms with E-state index < -0.39 is 36.0 Å². The van der Waals surface area contributed by atoms with Crippen LogP contribution in [0.15, 0.2) is 42.5 Å². The van der Waals surface area contributed by atoms with Crippen molar-refractivity contribution in [2.45, 2.75) is 12.8 Å². The molecule has 0 saturated carbocycles. The predicted octanol–water partition coefficient (Wildman–Crippen LogP) is 3.33. The lowest BCUT2D eigenvalue weighted by molar-refractivity contribution is -0.143. The summed E-state index contributed by atoms with van der Waals surface area (Å²) in [4.78, 5) is 23.5. The molecule has 1 amide bonds. The number of esters is 1. The highest BCUT2D eigenvalue weighted by Gasteiger charge is 2.30. The highest BCUT2D eigenvalue weighted by atomic mass is 19.4. The molecule has 0 radical (unpaired) electrons. The Bertz CT molecular complexity index is 819. The first-order chi connectivity index (χ1) is 12.7. The van der Waals surface area contributed by atoms with Crippen LogP contribution in [0.5, 0.6) is 5.75 Å². The smallest absolute Gasteiger partial charge is 0.416 e. The molecule has 0 saturated heterocycles. The molecule has 1 N–H and O–H groups in total. The molecule has 0 fully saturated rings. The number of rotatable bonds is 6. The zero-order valence-electron chi connectivity index (χ0n) is 14.1. The monoisotopic (exact) mass is 385 g/mol. The Morgan fingerprint density at radius 3 is 2.30 bits per heavy atom. The fourth-order valence-corrected chi connectivity index (χ4v) is 2.08. The molecule has 0 atom stereocenters. The van der Waals surface area contributed by atoms with Crippen molar-refractivity contribution >= 4 is 11.9 Å². The lowest BCUT2D eigenvalue weighted by Crippen LogP contribution is -2.30. The molecule has 2 rings (SSSR count). The Balaban J connectivity index is 1.82. The van der Waals surface area contributed by atoms with Crippen LogP contribution < -0.4 is 10.1 Å². The number of ether oxygens (including phenoxy) is 2. The van der Waals surface area contributed by atoms with E-state index in [9.17, 15) is 27.2 Å². The minimum Gasteiger partial charge on any atom is -0.494 e. The summed E-state index contributed by atoms with van der Waals surface area (Å²) in [5, 5.41) is 2.23. The van der Waals surface area contributed by atoms with E-state index in [0.29, 0.717) is 5.56 Å². The van der Waals surface area contributed by atoms with Gasteiger partial charge >= 0.3 is 12.1 Å². The summed E-state index contributed by atoms with van der Waals surface area (Å²) in [7, 11) is 1.32. The fourth-order valence-electron chi connectivity index (χ4n) is 2.08. The Morgan fingerprint density at radius 1 is 1.07 bits per heavy atom. The van der Waals surface area contributed by atoms with Gasteiger partial charge in [-0.15, -0.1) is 0 Å². The lowest BCUT2D eigenvalue weighted by Gasteiger charge is -2.09. The number of amides is 1. The van der Waals surface area contributed by atoms with Gasteiger partial charge in [0.2, 0.25) is 0 Å². The van der Waals surface area contributed by atoms with Crippen LogP contribution in [-0.2, 0) is 22.3 Å². The number of benzene rings is 2. The molecule has 2 aromatic rings. The van der Waals surface area contributed by atoms with Gasteiger partial charge in [-0.3, -0.25) is 9.59 Å². The maximum Gasteiger partial charge on any atom is 0.416 e. The van der Waals surface area contributed by atoms with E-state index in [4.69, 9.17) is 9.47 Å². The van der Waals surface area contributed by atoms with Crippen molar-refractivity contribution in [3.8, 4) is 5.75 Å². The van der Waals surface area contributed by atoms with Crippen molar-refractivity contribution in [2.24, 2.45) is 0 Å². The molecule has 2 aromatic carbocycles. The first-order valence-electron chi connectivity index (χ1n) is 7.64. The van der Waals surface area contributed by atoms with Crippen molar-refractivity contribution in [2.75, 3.05) is 13.7 Å². The fraction of sp³-hybridized carbons (Fsp3) is 0.222. The van der Waals surface area contributed by atoms with Gasteiger partial charge in [0.05, 0.1) is 12.7 Å². The minimum atomic E-state index is -4.50. The molecule has 0 unspecified atom stereocenters. The highest BCUT2D eigenvalue weighted by Crippen LogP contribution is 2.29. The van der Waals surface area contributed by atoms with E-state index in [1.807, 2.05) is 0 Å². The van der Waals surface area contributed by atoms with E-state index in [0.717, 1.165) is 30.3 Å². The molecule has 9 heteroatoms. The summed E-state index contributed by atoms with van der Waals surface area (Å²) in [6.45, 7) is -0.700. The van der Waals surface area contributed by atoms with Crippen molar-refractivity contribution in [3.05, 3.63) is 65.0 Å². The van der Waals surface area contributed by atoms with Gasteiger partial charge in [-0.05, 0) is 42.0 Å². The third-order valence-corrected chi connectivity index (χ3v) is 3.48. The molecule has 144 valence electrons. The van der Waals surface area contributed by atoms with Gasteiger partial charge in [0.15, 0.2) is 11.6 Å². The zero-order valence-corrected chi connectivity index (χ0v) is 14.1. The Kier molecular flexibility index (Phi) is 6.38. The summed E-state index contributed by atoms with van der Waals surface area (Å²) >= 11 is 0. The van der Waals surface area contributed by atoms with E-state index >= 15 is 0 Å². The summed E-state index contributed by atoms with van der Waals surface area (Å²) in [5.74, 6) is -2.07. The zero-order chi connectivity index (χ0) is 20.0. The normalized spacial score (nSPS) is 11.0. The maximum absolute atomic E-state index is 13.5. The van der Waals surface area contributed by atoms with Crippen molar-refractivity contribution < 1.29 is 36.6 Å². The molecule has 0 aliphatic rings. The summed E-state index contributed by atoms with van der Waals surface area (Å²) in [5.41, 5.74) is -0.533. The van der Waals surface area contributed by atoms with Gasteiger partial charge in [-0.25, -0.2) is 4.39 Å². The third-order valence-electron chi connectivity index (χ3n) is 3.48. The Hall–Kier alpha value is -3.10. The molecular weight excluding hydrogens is 370 g/mol. The first-order valence-corrected chi connectivity index (χ1v) is 7.64. The molecule has 27 heavy (non-hydrogen) atoms. The van der Waals surface area contributed by atoms with Crippen molar-refractivity contribution in [1.29, 1.82) is 0 Å². The van der Waals surface area contributed by atoms with Crippen LogP contribution in [0.25, 0.3) is 0 Å². The van der Waals surface area contributed by atoms with Gasteiger partial charge in [0.25, 0.3) is 5.91 Å². The number of carbonyl (C=O) groups excluding carboxylic acids is 2. The Morgan fingerprint density at radius 2 is 1.74 bits per heavy atom. The lowest BCUT2D eigenvalue weighted by atomic mass is 10.1. The van der Waals surface area contributed by atoms with E-state index in [2.05, 4.69) is 5.32 Å². The van der Waals surface area contributed by atoms with Crippen LogP contribution >= 0.6 is 0 Å². The molecular formula is C18H15F4NO4. The molecule has 0 aromatic heterocycles. The summed E-state index contributed by atoms with van der Waals surface area (Å²) in [6, 6.07) is 7.58. The quantitative estimate of drug-likeness (QED) is 0.612. The van der Waals surface area contributed by atoms with E-state index in [1.54, 1.807) is 0 Å². The van der Waals surface area contributed by atoms with Crippen LogP contribution in [0.2, 0.25) is 0 Å². The van der Waals surface area contributed by atoms with Gasteiger partial charge in [0.1, 0.15) is 13.2 Å². The van der Waals surface area contributed by atoms with Gasteiger partial charge in [-0.2, -0.15) is 13.2 Å². The molecule has 0 aliphatic heterocycles. The molecule has 0 spiro atoms. The standard InChI is InChI=1S/C18H15F4NO4/c1-26-15-7-2-11(8-14(15)19)10-27-16(24)9-23-17(25)12-3-5-13(6-4-12)18(20,21)22/h2-8H,9-10H2,1H3,(H,23,25). The number of carbonyl (C=O) groups is 2. The van der Waals surface area contributed by atoms with Crippen LogP contribution in [-0.4, -0.2) is 25.5 Å². The number of halogens is 4. The Labute approximate surface area is 151 Å².